The largest absolute Gasteiger partial charge is 0.381 e. The van der Waals surface area contributed by atoms with Gasteiger partial charge in [-0.2, -0.15) is 0 Å². The number of nitrogens with zero attached hydrogens (tertiary/aromatic N) is 3. The summed E-state index contributed by atoms with van der Waals surface area (Å²) in [4.78, 5) is 10.3. The number of rotatable bonds is 4. The highest BCUT2D eigenvalue weighted by atomic mass is 35.5. The van der Waals surface area contributed by atoms with Crippen LogP contribution < -0.4 is 4.90 Å². The first-order valence-electron chi connectivity index (χ1n) is 5.60. The van der Waals surface area contributed by atoms with E-state index < -0.39 is 0 Å². The van der Waals surface area contributed by atoms with E-state index in [1.807, 2.05) is 13.0 Å². The summed E-state index contributed by atoms with van der Waals surface area (Å²) in [5.74, 6) is 1.52. The summed E-state index contributed by atoms with van der Waals surface area (Å²) in [7, 11) is 0. The molecule has 0 unspecified atom stereocenters. The van der Waals surface area contributed by atoms with Crippen LogP contribution in [0, 0.1) is 5.92 Å². The molecule has 1 aliphatic heterocycles. The summed E-state index contributed by atoms with van der Waals surface area (Å²) in [6.07, 6.45) is 2.66. The van der Waals surface area contributed by atoms with Crippen molar-refractivity contribution >= 4 is 17.4 Å². The molecule has 1 aliphatic rings. The van der Waals surface area contributed by atoms with Crippen LogP contribution >= 0.6 is 11.6 Å². The van der Waals surface area contributed by atoms with Gasteiger partial charge >= 0.3 is 0 Å². The molecular weight excluding hydrogens is 226 g/mol. The van der Waals surface area contributed by atoms with E-state index in [1.54, 1.807) is 0 Å². The zero-order chi connectivity index (χ0) is 11.4. The van der Waals surface area contributed by atoms with Crippen LogP contribution in [0.1, 0.15) is 13.3 Å². The molecule has 1 atom stereocenters. The van der Waals surface area contributed by atoms with E-state index in [-0.39, 0.29) is 0 Å². The zero-order valence-electron chi connectivity index (χ0n) is 9.40. The molecule has 2 rings (SSSR count). The molecule has 88 valence electrons. The normalized spacial score (nSPS) is 20.4. The van der Waals surface area contributed by atoms with Crippen LogP contribution in [0.4, 0.5) is 5.82 Å². The standard InChI is InChI=1S/C11H16ClN3O/c1-2-16-7-9-3-4-15(6-9)11-5-10(12)13-8-14-11/h5,8-9H,2-4,6-7H2,1H3/t9-/m1/s1. The zero-order valence-corrected chi connectivity index (χ0v) is 10.2. The highest BCUT2D eigenvalue weighted by molar-refractivity contribution is 6.29. The third-order valence-corrected chi connectivity index (χ3v) is 2.99. The predicted octanol–water partition coefficient (Wildman–Crippen LogP) is 1.99. The Morgan fingerprint density at radius 1 is 1.56 bits per heavy atom. The Kier molecular flexibility index (Phi) is 3.96. The number of ether oxygens (including phenoxy) is 1. The second-order valence-electron chi connectivity index (χ2n) is 3.96. The summed E-state index contributed by atoms with van der Waals surface area (Å²) in [6, 6.07) is 1.81. The summed E-state index contributed by atoms with van der Waals surface area (Å²) in [6.45, 7) is 5.66. The molecule has 0 amide bonds. The fourth-order valence-corrected chi connectivity index (χ4v) is 2.10. The van der Waals surface area contributed by atoms with Gasteiger partial charge in [-0.1, -0.05) is 11.6 Å². The Morgan fingerprint density at radius 2 is 2.44 bits per heavy atom. The minimum absolute atomic E-state index is 0.498. The molecule has 0 radical (unpaired) electrons. The lowest BCUT2D eigenvalue weighted by Gasteiger charge is -2.17. The van der Waals surface area contributed by atoms with E-state index in [9.17, 15) is 0 Å². The lowest BCUT2D eigenvalue weighted by Crippen LogP contribution is -2.22. The van der Waals surface area contributed by atoms with Gasteiger partial charge < -0.3 is 9.64 Å². The van der Waals surface area contributed by atoms with Crippen molar-refractivity contribution < 1.29 is 4.74 Å². The Morgan fingerprint density at radius 3 is 3.19 bits per heavy atom. The molecule has 5 heteroatoms. The number of hydrogen-bond acceptors (Lipinski definition) is 4. The van der Waals surface area contributed by atoms with Crippen molar-refractivity contribution in [2.75, 3.05) is 31.2 Å². The van der Waals surface area contributed by atoms with Gasteiger partial charge in [0.15, 0.2) is 0 Å². The van der Waals surface area contributed by atoms with Crippen molar-refractivity contribution in [3.63, 3.8) is 0 Å². The van der Waals surface area contributed by atoms with Crippen LogP contribution in [-0.4, -0.2) is 36.3 Å². The first kappa shape index (κ1) is 11.6. The van der Waals surface area contributed by atoms with Crippen molar-refractivity contribution in [1.29, 1.82) is 0 Å². The van der Waals surface area contributed by atoms with E-state index in [0.717, 1.165) is 38.5 Å². The Bertz CT molecular complexity index is 348. The Hall–Kier alpha value is -0.870. The first-order chi connectivity index (χ1) is 7.79. The van der Waals surface area contributed by atoms with E-state index >= 15 is 0 Å². The van der Waals surface area contributed by atoms with Crippen molar-refractivity contribution in [2.45, 2.75) is 13.3 Å². The molecule has 1 aromatic rings. The Balaban J connectivity index is 1.93. The molecule has 1 fully saturated rings. The smallest absolute Gasteiger partial charge is 0.134 e. The fraction of sp³-hybridized carbons (Fsp3) is 0.636. The van der Waals surface area contributed by atoms with Gasteiger partial charge in [0.25, 0.3) is 0 Å². The number of anilines is 1. The van der Waals surface area contributed by atoms with Gasteiger partial charge in [0.2, 0.25) is 0 Å². The molecule has 0 bridgehead atoms. The van der Waals surface area contributed by atoms with Gasteiger partial charge in [-0.15, -0.1) is 0 Å². The summed E-state index contributed by atoms with van der Waals surface area (Å²) >= 11 is 5.84. The van der Waals surface area contributed by atoms with Crippen LogP contribution in [-0.2, 0) is 4.74 Å². The summed E-state index contributed by atoms with van der Waals surface area (Å²) in [5.41, 5.74) is 0. The lowest BCUT2D eigenvalue weighted by molar-refractivity contribution is 0.117. The predicted molar refractivity (Wildman–Crippen MR) is 63.9 cm³/mol. The first-order valence-corrected chi connectivity index (χ1v) is 5.97. The van der Waals surface area contributed by atoms with Crippen molar-refractivity contribution in [1.82, 2.24) is 9.97 Å². The minimum Gasteiger partial charge on any atom is -0.381 e. The molecule has 4 nitrogen and oxygen atoms in total. The maximum Gasteiger partial charge on any atom is 0.134 e. The molecule has 0 aromatic carbocycles. The second-order valence-corrected chi connectivity index (χ2v) is 4.35. The third kappa shape index (κ3) is 2.83. The summed E-state index contributed by atoms with van der Waals surface area (Å²) in [5, 5.41) is 0.498. The average molecular weight is 242 g/mol. The fourth-order valence-electron chi connectivity index (χ4n) is 1.96. The van der Waals surface area contributed by atoms with Crippen LogP contribution in [0.15, 0.2) is 12.4 Å². The van der Waals surface area contributed by atoms with E-state index in [4.69, 9.17) is 16.3 Å². The van der Waals surface area contributed by atoms with Crippen LogP contribution in [0.2, 0.25) is 5.15 Å². The van der Waals surface area contributed by atoms with Crippen molar-refractivity contribution in [3.05, 3.63) is 17.5 Å². The van der Waals surface area contributed by atoms with E-state index in [1.165, 1.54) is 6.33 Å². The lowest BCUT2D eigenvalue weighted by atomic mass is 10.1. The van der Waals surface area contributed by atoms with Gasteiger partial charge in [0.1, 0.15) is 17.3 Å². The van der Waals surface area contributed by atoms with E-state index in [2.05, 4.69) is 14.9 Å². The van der Waals surface area contributed by atoms with Crippen LogP contribution in [0.25, 0.3) is 0 Å². The average Bonchev–Trinajstić information content (AvgIpc) is 2.75. The maximum atomic E-state index is 5.84. The quantitative estimate of drug-likeness (QED) is 0.756. The molecule has 1 saturated heterocycles. The SMILES string of the molecule is CCOC[C@@H]1CCN(c2cc(Cl)ncn2)C1. The Labute approximate surface area is 101 Å². The number of halogens is 1. The number of hydrogen-bond donors (Lipinski definition) is 0. The van der Waals surface area contributed by atoms with Crippen LogP contribution in [0.5, 0.6) is 0 Å². The maximum absolute atomic E-state index is 5.84. The van der Waals surface area contributed by atoms with E-state index in [0.29, 0.717) is 11.1 Å². The minimum atomic E-state index is 0.498. The topological polar surface area (TPSA) is 38.2 Å². The van der Waals surface area contributed by atoms with Gasteiger partial charge in [0, 0.05) is 31.7 Å². The molecule has 0 aliphatic carbocycles. The third-order valence-electron chi connectivity index (χ3n) is 2.79. The number of aromatic nitrogens is 2. The molecule has 16 heavy (non-hydrogen) atoms. The van der Waals surface area contributed by atoms with Crippen molar-refractivity contribution in [3.8, 4) is 0 Å². The van der Waals surface area contributed by atoms with Gasteiger partial charge in [-0.25, -0.2) is 9.97 Å². The molecule has 0 spiro atoms. The van der Waals surface area contributed by atoms with Gasteiger partial charge in [-0.05, 0) is 13.3 Å². The second kappa shape index (κ2) is 5.46. The van der Waals surface area contributed by atoms with Crippen LogP contribution in [0.3, 0.4) is 0 Å². The molecule has 2 heterocycles. The summed E-state index contributed by atoms with van der Waals surface area (Å²) < 4.78 is 5.44. The monoisotopic (exact) mass is 241 g/mol. The highest BCUT2D eigenvalue weighted by Gasteiger charge is 2.23. The molecular formula is C11H16ClN3O. The van der Waals surface area contributed by atoms with Crippen molar-refractivity contribution in [2.24, 2.45) is 5.92 Å². The van der Waals surface area contributed by atoms with Gasteiger partial charge in [0.05, 0.1) is 6.61 Å². The molecule has 0 saturated carbocycles. The molecule has 1 aromatic heterocycles. The highest BCUT2D eigenvalue weighted by Crippen LogP contribution is 2.23. The van der Waals surface area contributed by atoms with Gasteiger partial charge in [-0.3, -0.25) is 0 Å². The molecule has 0 N–H and O–H groups in total.